The Bertz CT molecular complexity index is 1320. The van der Waals surface area contributed by atoms with Crippen molar-refractivity contribution in [2.75, 3.05) is 25.1 Å². The molecule has 0 unspecified atom stereocenters. The molecule has 1 fully saturated rings. The molecule has 4 rings (SSSR count). The second-order valence-corrected chi connectivity index (χ2v) is 10.7. The maximum atomic E-state index is 13.3. The molecule has 0 radical (unpaired) electrons. The molecule has 0 bridgehead atoms. The molecule has 1 saturated heterocycles. The highest BCUT2D eigenvalue weighted by molar-refractivity contribution is 7.89. The number of hydrogen-bond donors (Lipinski definition) is 0. The van der Waals surface area contributed by atoms with E-state index >= 15 is 0 Å². The molecule has 6 nitrogen and oxygen atoms in total. The molecule has 0 aromatic heterocycles. The van der Waals surface area contributed by atoms with Gasteiger partial charge in [0.2, 0.25) is 10.0 Å². The van der Waals surface area contributed by atoms with Crippen LogP contribution in [0.1, 0.15) is 23.1 Å². The third-order valence-corrected chi connectivity index (χ3v) is 8.46. The van der Waals surface area contributed by atoms with E-state index in [1.54, 1.807) is 43.5 Å². The molecule has 0 aliphatic carbocycles. The van der Waals surface area contributed by atoms with Crippen LogP contribution in [-0.4, -0.2) is 39.0 Å². The molecule has 1 heterocycles. The Hall–Kier alpha value is -3.05. The molecule has 1 aliphatic heterocycles. The van der Waals surface area contributed by atoms with Gasteiger partial charge in [-0.2, -0.15) is 9.57 Å². The lowest BCUT2D eigenvalue weighted by Gasteiger charge is -2.32. The van der Waals surface area contributed by atoms with Crippen LogP contribution in [0, 0.1) is 18.3 Å². The molecular formula is C26H26ClN3O3S. The largest absolute Gasteiger partial charge is 0.497 e. The van der Waals surface area contributed by atoms with E-state index in [9.17, 15) is 13.7 Å². The molecule has 0 spiro atoms. The number of benzene rings is 3. The molecule has 1 aliphatic rings. The lowest BCUT2D eigenvalue weighted by atomic mass is 10.1. The highest BCUT2D eigenvalue weighted by Crippen LogP contribution is 2.32. The summed E-state index contributed by atoms with van der Waals surface area (Å²) >= 11 is 6.35. The third-order valence-electron chi connectivity index (χ3n) is 6.27. The van der Waals surface area contributed by atoms with Crippen molar-refractivity contribution in [3.8, 4) is 11.8 Å². The van der Waals surface area contributed by atoms with Crippen molar-refractivity contribution >= 4 is 27.3 Å². The molecule has 34 heavy (non-hydrogen) atoms. The normalized spacial score (nSPS) is 16.2. The average Bonchev–Trinajstić information content (AvgIpc) is 3.34. The minimum absolute atomic E-state index is 0.0448. The SMILES string of the molecule is COc1ccc(S(=O)(=O)N2CC[C@H](N(Cc3ccccc3C)c3ccc(C#N)c(Cl)c3)C2)cc1. The maximum Gasteiger partial charge on any atom is 0.243 e. The topological polar surface area (TPSA) is 73.6 Å². The lowest BCUT2D eigenvalue weighted by molar-refractivity contribution is 0.414. The zero-order chi connectivity index (χ0) is 24.3. The Morgan fingerprint density at radius 2 is 1.88 bits per heavy atom. The second kappa shape index (κ2) is 10.1. The molecule has 1 atom stereocenters. The number of methoxy groups -OCH3 is 1. The van der Waals surface area contributed by atoms with Crippen LogP contribution in [-0.2, 0) is 16.6 Å². The predicted molar refractivity (Wildman–Crippen MR) is 134 cm³/mol. The van der Waals surface area contributed by atoms with Crippen molar-refractivity contribution in [3.63, 3.8) is 0 Å². The van der Waals surface area contributed by atoms with Gasteiger partial charge in [0.05, 0.1) is 22.6 Å². The predicted octanol–water partition coefficient (Wildman–Crippen LogP) is 5.00. The van der Waals surface area contributed by atoms with Crippen LogP contribution < -0.4 is 9.64 Å². The zero-order valence-electron chi connectivity index (χ0n) is 19.1. The van der Waals surface area contributed by atoms with Crippen molar-refractivity contribution in [1.29, 1.82) is 5.26 Å². The van der Waals surface area contributed by atoms with Gasteiger partial charge < -0.3 is 9.64 Å². The van der Waals surface area contributed by atoms with Gasteiger partial charge in [-0.1, -0.05) is 35.9 Å². The fraction of sp³-hybridized carbons (Fsp3) is 0.269. The zero-order valence-corrected chi connectivity index (χ0v) is 20.7. The average molecular weight is 496 g/mol. The first-order valence-corrected chi connectivity index (χ1v) is 12.8. The second-order valence-electron chi connectivity index (χ2n) is 8.31. The van der Waals surface area contributed by atoms with Gasteiger partial charge in [-0.15, -0.1) is 0 Å². The summed E-state index contributed by atoms with van der Waals surface area (Å²) in [5.41, 5.74) is 3.59. The molecule has 0 saturated carbocycles. The van der Waals surface area contributed by atoms with Crippen molar-refractivity contribution < 1.29 is 13.2 Å². The van der Waals surface area contributed by atoms with E-state index in [4.69, 9.17) is 16.3 Å². The summed E-state index contributed by atoms with van der Waals surface area (Å²) in [5.74, 6) is 0.611. The number of halogens is 1. The number of hydrogen-bond acceptors (Lipinski definition) is 5. The van der Waals surface area contributed by atoms with E-state index < -0.39 is 10.0 Å². The Morgan fingerprint density at radius 1 is 1.15 bits per heavy atom. The Labute approximate surface area is 206 Å². The Morgan fingerprint density at radius 3 is 2.53 bits per heavy atom. The van der Waals surface area contributed by atoms with Gasteiger partial charge in [-0.3, -0.25) is 0 Å². The van der Waals surface area contributed by atoms with Gasteiger partial charge in [0.25, 0.3) is 0 Å². The Balaban J connectivity index is 1.63. The first-order chi connectivity index (χ1) is 16.3. The van der Waals surface area contributed by atoms with Crippen LogP contribution in [0.5, 0.6) is 5.75 Å². The summed E-state index contributed by atoms with van der Waals surface area (Å²) in [5, 5.41) is 9.65. The van der Waals surface area contributed by atoms with Crippen molar-refractivity contribution in [2.45, 2.75) is 30.8 Å². The number of anilines is 1. The molecule has 8 heteroatoms. The number of rotatable bonds is 7. The van der Waals surface area contributed by atoms with Crippen LogP contribution in [0.4, 0.5) is 5.69 Å². The summed E-state index contributed by atoms with van der Waals surface area (Å²) < 4.78 is 33.3. The molecule has 0 amide bonds. The standard InChI is InChI=1S/C26H26ClN3O3S/c1-19-5-3-4-6-21(19)17-30(22-8-7-20(16-28)26(27)15-22)23-13-14-29(18-23)34(31,32)25-11-9-24(33-2)10-12-25/h3-12,15,23H,13-14,17-18H2,1-2H3/t23-/m0/s1. The van der Waals surface area contributed by atoms with E-state index in [-0.39, 0.29) is 10.9 Å². The minimum Gasteiger partial charge on any atom is -0.497 e. The quantitative estimate of drug-likeness (QED) is 0.461. The van der Waals surface area contributed by atoms with Crippen molar-refractivity contribution in [2.24, 2.45) is 0 Å². The summed E-state index contributed by atoms with van der Waals surface area (Å²) in [6.07, 6.45) is 0.679. The van der Waals surface area contributed by atoms with Crippen LogP contribution in [0.3, 0.4) is 0 Å². The highest BCUT2D eigenvalue weighted by atomic mass is 35.5. The molecular weight excluding hydrogens is 470 g/mol. The van der Waals surface area contributed by atoms with Crippen LogP contribution in [0.15, 0.2) is 71.6 Å². The molecule has 3 aromatic carbocycles. The molecule has 176 valence electrons. The van der Waals surface area contributed by atoms with Gasteiger partial charge >= 0.3 is 0 Å². The fourth-order valence-electron chi connectivity index (χ4n) is 4.26. The van der Waals surface area contributed by atoms with Gasteiger partial charge in [0, 0.05) is 31.4 Å². The van der Waals surface area contributed by atoms with E-state index in [1.807, 2.05) is 18.2 Å². The number of nitrogens with zero attached hydrogens (tertiary/aromatic N) is 3. The molecule has 0 N–H and O–H groups in total. The van der Waals surface area contributed by atoms with E-state index in [0.29, 0.717) is 42.4 Å². The lowest BCUT2D eigenvalue weighted by Crippen LogP contribution is -2.38. The van der Waals surface area contributed by atoms with E-state index in [1.165, 1.54) is 4.31 Å². The van der Waals surface area contributed by atoms with Gasteiger partial charge in [-0.05, 0) is 66.9 Å². The number of nitriles is 1. The molecule has 3 aromatic rings. The number of ether oxygens (including phenoxy) is 1. The highest BCUT2D eigenvalue weighted by Gasteiger charge is 2.35. The van der Waals surface area contributed by atoms with Gasteiger partial charge in [-0.25, -0.2) is 8.42 Å². The smallest absolute Gasteiger partial charge is 0.243 e. The summed E-state index contributed by atoms with van der Waals surface area (Å²) in [6.45, 7) is 3.45. The van der Waals surface area contributed by atoms with Crippen LogP contribution in [0.25, 0.3) is 0 Å². The Kier molecular flexibility index (Phi) is 7.13. The minimum atomic E-state index is -3.63. The number of aryl methyl sites for hydroxylation is 1. The fourth-order valence-corrected chi connectivity index (χ4v) is 5.96. The van der Waals surface area contributed by atoms with E-state index in [0.717, 1.165) is 16.8 Å². The van der Waals surface area contributed by atoms with Crippen molar-refractivity contribution in [1.82, 2.24) is 4.31 Å². The first kappa shape index (κ1) is 24.1. The monoisotopic (exact) mass is 495 g/mol. The van der Waals surface area contributed by atoms with Crippen molar-refractivity contribution in [3.05, 3.63) is 88.4 Å². The third kappa shape index (κ3) is 4.90. The maximum absolute atomic E-state index is 13.3. The van der Waals surface area contributed by atoms with Gasteiger partial charge in [0.15, 0.2) is 0 Å². The summed E-state index contributed by atoms with van der Waals surface area (Å²) in [7, 11) is -2.08. The summed E-state index contributed by atoms with van der Waals surface area (Å²) in [6, 6.07) is 22.0. The van der Waals surface area contributed by atoms with E-state index in [2.05, 4.69) is 30.0 Å². The van der Waals surface area contributed by atoms with Gasteiger partial charge in [0.1, 0.15) is 11.8 Å². The number of sulfonamides is 1. The van der Waals surface area contributed by atoms with Crippen LogP contribution >= 0.6 is 11.6 Å². The van der Waals surface area contributed by atoms with Crippen LogP contribution in [0.2, 0.25) is 5.02 Å². The first-order valence-electron chi connectivity index (χ1n) is 11.0. The summed E-state index contributed by atoms with van der Waals surface area (Å²) in [4.78, 5) is 2.44.